The number of carbonyl (C=O) groups is 2. The fraction of sp³-hybridized carbons (Fsp3) is 0.0370. The number of carbonyl (C=O) groups excluding carboxylic acids is 2. The molecule has 0 aliphatic carbocycles. The maximum Gasteiger partial charge on any atom is 0.311 e. The third kappa shape index (κ3) is 5.34. The molecule has 1 heterocycles. The minimum absolute atomic E-state index is 0.0553. The zero-order chi connectivity index (χ0) is 23.9. The molecule has 0 saturated heterocycles. The minimum Gasteiger partial charge on any atom is -0.493 e. The summed E-state index contributed by atoms with van der Waals surface area (Å²) in [6, 6.07) is 23.6. The SMILES string of the molecule is Cc1ccc2[nH]c(O)c(N=NC(=O)/C(=C/C=C/c3ccccc3)NC(=O)c3ccccc3)c2c1. The van der Waals surface area contributed by atoms with Crippen LogP contribution in [0.1, 0.15) is 21.5 Å². The summed E-state index contributed by atoms with van der Waals surface area (Å²) in [6.07, 6.45) is 4.91. The van der Waals surface area contributed by atoms with Gasteiger partial charge >= 0.3 is 5.91 Å². The molecule has 168 valence electrons. The first kappa shape index (κ1) is 22.4. The normalized spacial score (nSPS) is 12.0. The highest BCUT2D eigenvalue weighted by Gasteiger charge is 2.15. The Hall–Kier alpha value is -4.78. The van der Waals surface area contributed by atoms with Gasteiger partial charge in [-0.1, -0.05) is 72.3 Å². The second-order valence-corrected chi connectivity index (χ2v) is 7.55. The number of aryl methyl sites for hydroxylation is 1. The number of hydrogen-bond acceptors (Lipinski definition) is 4. The van der Waals surface area contributed by atoms with Crippen molar-refractivity contribution in [3.63, 3.8) is 0 Å². The number of amides is 2. The predicted octanol–water partition coefficient (Wildman–Crippen LogP) is 5.82. The molecule has 3 N–H and O–H groups in total. The van der Waals surface area contributed by atoms with E-state index < -0.39 is 11.8 Å². The number of azo groups is 1. The van der Waals surface area contributed by atoms with Gasteiger partial charge in [-0.05, 0) is 42.8 Å². The summed E-state index contributed by atoms with van der Waals surface area (Å²) in [5.74, 6) is -1.41. The Labute approximate surface area is 196 Å². The highest BCUT2D eigenvalue weighted by atomic mass is 16.3. The van der Waals surface area contributed by atoms with E-state index in [0.29, 0.717) is 16.5 Å². The summed E-state index contributed by atoms with van der Waals surface area (Å²) >= 11 is 0. The number of hydrogen-bond donors (Lipinski definition) is 3. The molecule has 0 bridgehead atoms. The fourth-order valence-electron chi connectivity index (χ4n) is 3.30. The average Bonchev–Trinajstić information content (AvgIpc) is 3.17. The summed E-state index contributed by atoms with van der Waals surface area (Å²) in [6.45, 7) is 1.91. The van der Waals surface area contributed by atoms with E-state index in [-0.39, 0.29) is 17.3 Å². The van der Waals surface area contributed by atoms with E-state index >= 15 is 0 Å². The van der Waals surface area contributed by atoms with E-state index in [9.17, 15) is 14.7 Å². The zero-order valence-electron chi connectivity index (χ0n) is 18.4. The van der Waals surface area contributed by atoms with Crippen molar-refractivity contribution in [1.82, 2.24) is 10.3 Å². The van der Waals surface area contributed by atoms with E-state index in [1.807, 2.05) is 55.5 Å². The molecule has 34 heavy (non-hydrogen) atoms. The third-order valence-corrected chi connectivity index (χ3v) is 5.01. The topological polar surface area (TPSA) is 107 Å². The first-order valence-electron chi connectivity index (χ1n) is 10.6. The lowest BCUT2D eigenvalue weighted by Crippen LogP contribution is -2.26. The van der Waals surface area contributed by atoms with Gasteiger partial charge in [0.1, 0.15) is 5.70 Å². The van der Waals surface area contributed by atoms with Crippen LogP contribution in [0.15, 0.2) is 107 Å². The number of H-pyrrole nitrogens is 1. The monoisotopic (exact) mass is 450 g/mol. The molecule has 0 aliphatic heterocycles. The lowest BCUT2D eigenvalue weighted by molar-refractivity contribution is -0.115. The van der Waals surface area contributed by atoms with Crippen LogP contribution in [0, 0.1) is 6.92 Å². The Kier molecular flexibility index (Phi) is 6.74. The summed E-state index contributed by atoms with van der Waals surface area (Å²) in [7, 11) is 0. The number of benzene rings is 3. The van der Waals surface area contributed by atoms with Crippen LogP contribution >= 0.6 is 0 Å². The van der Waals surface area contributed by atoms with Gasteiger partial charge in [0.05, 0.1) is 5.52 Å². The molecule has 7 heteroatoms. The molecule has 0 unspecified atom stereocenters. The van der Waals surface area contributed by atoms with Gasteiger partial charge in [0.25, 0.3) is 5.91 Å². The summed E-state index contributed by atoms with van der Waals surface area (Å²) < 4.78 is 0. The zero-order valence-corrected chi connectivity index (χ0v) is 18.4. The van der Waals surface area contributed by atoms with Crippen LogP contribution in [-0.2, 0) is 4.79 Å². The van der Waals surface area contributed by atoms with Gasteiger partial charge in [0.15, 0.2) is 5.69 Å². The van der Waals surface area contributed by atoms with Crippen molar-refractivity contribution in [1.29, 1.82) is 0 Å². The van der Waals surface area contributed by atoms with Crippen molar-refractivity contribution in [2.75, 3.05) is 0 Å². The maximum absolute atomic E-state index is 12.9. The van der Waals surface area contributed by atoms with Crippen LogP contribution in [0.2, 0.25) is 0 Å². The molecule has 0 aliphatic rings. The first-order valence-corrected chi connectivity index (χ1v) is 10.6. The van der Waals surface area contributed by atoms with Crippen molar-refractivity contribution in [2.45, 2.75) is 6.92 Å². The van der Waals surface area contributed by atoms with Gasteiger partial charge in [-0.15, -0.1) is 10.2 Å². The van der Waals surface area contributed by atoms with Gasteiger partial charge in [-0.25, -0.2) is 0 Å². The molecular formula is C27H22N4O3. The number of nitrogens with zero attached hydrogens (tertiary/aromatic N) is 2. The van der Waals surface area contributed by atoms with Crippen LogP contribution < -0.4 is 5.32 Å². The molecule has 3 aromatic carbocycles. The Balaban J connectivity index is 1.62. The van der Waals surface area contributed by atoms with Crippen molar-refractivity contribution < 1.29 is 14.7 Å². The van der Waals surface area contributed by atoms with Crippen molar-refractivity contribution in [3.05, 3.63) is 113 Å². The van der Waals surface area contributed by atoms with Gasteiger partial charge in [0.2, 0.25) is 5.88 Å². The number of aromatic amines is 1. The van der Waals surface area contributed by atoms with Gasteiger partial charge in [-0.2, -0.15) is 0 Å². The highest BCUT2D eigenvalue weighted by molar-refractivity contribution is 6.03. The van der Waals surface area contributed by atoms with Gasteiger partial charge in [-0.3, -0.25) is 9.59 Å². The molecule has 4 rings (SSSR count). The summed E-state index contributed by atoms with van der Waals surface area (Å²) in [5.41, 5.74) is 3.07. The molecule has 0 fully saturated rings. The van der Waals surface area contributed by atoms with Crippen molar-refractivity contribution in [3.8, 4) is 5.88 Å². The van der Waals surface area contributed by atoms with E-state index in [2.05, 4.69) is 20.5 Å². The van der Waals surface area contributed by atoms with Crippen molar-refractivity contribution in [2.24, 2.45) is 10.2 Å². The summed E-state index contributed by atoms with van der Waals surface area (Å²) in [5, 5.41) is 21.2. The standard InChI is InChI=1S/C27H22N4O3/c1-18-15-16-22-21(17-18)24(27(34)28-22)30-31-26(33)23(14-8-11-19-9-4-2-5-10-19)29-25(32)20-12-6-3-7-13-20/h2-17,28,34H,1H3,(H,29,32)/b11-8+,23-14-,31-30?. The van der Waals surface area contributed by atoms with Crippen LogP contribution in [0.5, 0.6) is 5.88 Å². The van der Waals surface area contributed by atoms with Crippen LogP contribution in [-0.4, -0.2) is 21.9 Å². The van der Waals surface area contributed by atoms with Crippen LogP contribution in [0.4, 0.5) is 5.69 Å². The number of nitrogens with one attached hydrogen (secondary N) is 2. The van der Waals surface area contributed by atoms with Crippen LogP contribution in [0.25, 0.3) is 17.0 Å². The lowest BCUT2D eigenvalue weighted by Gasteiger charge is -2.06. The Morgan fingerprint density at radius 1 is 0.971 bits per heavy atom. The Morgan fingerprint density at radius 3 is 2.41 bits per heavy atom. The lowest BCUT2D eigenvalue weighted by atomic mass is 10.1. The quantitative estimate of drug-likeness (QED) is 0.196. The molecule has 0 saturated carbocycles. The molecular weight excluding hydrogens is 428 g/mol. The Morgan fingerprint density at radius 2 is 1.68 bits per heavy atom. The number of rotatable bonds is 6. The summed E-state index contributed by atoms with van der Waals surface area (Å²) in [4.78, 5) is 28.3. The number of aromatic nitrogens is 1. The largest absolute Gasteiger partial charge is 0.493 e. The second kappa shape index (κ2) is 10.2. The van der Waals surface area contributed by atoms with E-state index in [4.69, 9.17) is 0 Å². The number of allylic oxidation sites excluding steroid dienone is 2. The number of fused-ring (bicyclic) bond motifs is 1. The van der Waals surface area contributed by atoms with Crippen LogP contribution in [0.3, 0.4) is 0 Å². The van der Waals surface area contributed by atoms with E-state index in [0.717, 1.165) is 11.1 Å². The van der Waals surface area contributed by atoms with E-state index in [1.165, 1.54) is 6.08 Å². The smallest absolute Gasteiger partial charge is 0.311 e. The predicted molar refractivity (Wildman–Crippen MR) is 132 cm³/mol. The first-order chi connectivity index (χ1) is 16.5. The molecule has 4 aromatic rings. The fourth-order valence-corrected chi connectivity index (χ4v) is 3.30. The maximum atomic E-state index is 12.9. The molecule has 2 amide bonds. The third-order valence-electron chi connectivity index (χ3n) is 5.01. The van der Waals surface area contributed by atoms with Crippen molar-refractivity contribution >= 4 is 34.5 Å². The molecule has 1 aromatic heterocycles. The molecule has 0 atom stereocenters. The molecule has 0 spiro atoms. The minimum atomic E-state index is -0.761. The van der Waals surface area contributed by atoms with E-state index in [1.54, 1.807) is 42.5 Å². The highest BCUT2D eigenvalue weighted by Crippen LogP contribution is 2.35. The van der Waals surface area contributed by atoms with Gasteiger partial charge < -0.3 is 15.4 Å². The van der Waals surface area contributed by atoms with Gasteiger partial charge in [0, 0.05) is 10.9 Å². The molecule has 0 radical (unpaired) electrons. The Bertz CT molecular complexity index is 1420. The second-order valence-electron chi connectivity index (χ2n) is 7.55. The average molecular weight is 450 g/mol. The molecule has 7 nitrogen and oxygen atoms in total. The number of aromatic hydroxyl groups is 1.